The normalized spacial score (nSPS) is 24.6. The highest BCUT2D eigenvalue weighted by atomic mass is 15.0. The van der Waals surface area contributed by atoms with Crippen LogP contribution in [0.3, 0.4) is 0 Å². The molecule has 1 heterocycles. The predicted octanol–water partition coefficient (Wildman–Crippen LogP) is 3.25. The minimum absolute atomic E-state index is 0.625. The lowest BCUT2D eigenvalue weighted by atomic mass is 9.99. The first-order chi connectivity index (χ1) is 8.15. The van der Waals surface area contributed by atoms with Crippen LogP contribution in [0, 0.1) is 13.8 Å². The van der Waals surface area contributed by atoms with Crippen molar-refractivity contribution in [1.82, 2.24) is 5.32 Å². The summed E-state index contributed by atoms with van der Waals surface area (Å²) in [6.07, 6.45) is 3.97. The van der Waals surface area contributed by atoms with Crippen LogP contribution in [0.5, 0.6) is 0 Å². The second-order valence-corrected chi connectivity index (χ2v) is 5.38. The Morgan fingerprint density at radius 3 is 2.76 bits per heavy atom. The molecule has 1 aromatic carbocycles. The van der Waals surface area contributed by atoms with E-state index in [1.807, 2.05) is 0 Å². The van der Waals surface area contributed by atoms with Crippen molar-refractivity contribution >= 4 is 5.69 Å². The second-order valence-electron chi connectivity index (χ2n) is 5.38. The third kappa shape index (κ3) is 3.47. The number of hydrogen-bond donors (Lipinski definition) is 2. The third-order valence-electron chi connectivity index (χ3n) is 3.77. The Morgan fingerprint density at radius 2 is 2.06 bits per heavy atom. The van der Waals surface area contributed by atoms with E-state index in [2.05, 4.69) is 49.6 Å². The van der Waals surface area contributed by atoms with Crippen molar-refractivity contribution in [2.24, 2.45) is 0 Å². The van der Waals surface area contributed by atoms with E-state index < -0.39 is 0 Å². The summed E-state index contributed by atoms with van der Waals surface area (Å²) < 4.78 is 0. The molecule has 0 bridgehead atoms. The van der Waals surface area contributed by atoms with Crippen molar-refractivity contribution in [3.63, 3.8) is 0 Å². The Bertz CT molecular complexity index is 373. The molecule has 2 heteroatoms. The summed E-state index contributed by atoms with van der Waals surface area (Å²) in [6.45, 7) is 7.64. The molecule has 2 N–H and O–H groups in total. The van der Waals surface area contributed by atoms with E-state index in [0.29, 0.717) is 12.1 Å². The van der Waals surface area contributed by atoms with E-state index in [-0.39, 0.29) is 0 Å². The maximum atomic E-state index is 3.65. The van der Waals surface area contributed by atoms with Crippen molar-refractivity contribution in [2.45, 2.75) is 52.1 Å². The Morgan fingerprint density at radius 1 is 1.24 bits per heavy atom. The van der Waals surface area contributed by atoms with Gasteiger partial charge in [0.15, 0.2) is 0 Å². The summed E-state index contributed by atoms with van der Waals surface area (Å²) >= 11 is 0. The van der Waals surface area contributed by atoms with Crippen molar-refractivity contribution in [2.75, 3.05) is 11.9 Å². The first kappa shape index (κ1) is 12.4. The monoisotopic (exact) mass is 232 g/mol. The fourth-order valence-corrected chi connectivity index (χ4v) is 2.49. The summed E-state index contributed by atoms with van der Waals surface area (Å²) in [7, 11) is 0. The minimum Gasteiger partial charge on any atom is -0.383 e. The van der Waals surface area contributed by atoms with E-state index in [4.69, 9.17) is 0 Å². The lowest BCUT2D eigenvalue weighted by molar-refractivity contribution is 0.345. The molecule has 1 aromatic rings. The molecule has 0 spiro atoms. The van der Waals surface area contributed by atoms with E-state index in [0.717, 1.165) is 6.54 Å². The molecule has 0 aliphatic carbocycles. The fraction of sp³-hybridized carbons (Fsp3) is 0.600. The zero-order chi connectivity index (χ0) is 12.3. The molecule has 17 heavy (non-hydrogen) atoms. The number of hydrogen-bond acceptors (Lipinski definition) is 2. The van der Waals surface area contributed by atoms with Crippen LogP contribution in [0.2, 0.25) is 0 Å². The van der Waals surface area contributed by atoms with Crippen LogP contribution in [0.1, 0.15) is 37.3 Å². The largest absolute Gasteiger partial charge is 0.383 e. The van der Waals surface area contributed by atoms with Gasteiger partial charge in [-0.05, 0) is 56.9 Å². The predicted molar refractivity (Wildman–Crippen MR) is 74.6 cm³/mol. The van der Waals surface area contributed by atoms with E-state index in [1.54, 1.807) is 0 Å². The number of rotatable bonds is 3. The molecule has 0 saturated carbocycles. The topological polar surface area (TPSA) is 24.1 Å². The molecule has 0 amide bonds. The lowest BCUT2D eigenvalue weighted by Crippen LogP contribution is -2.44. The summed E-state index contributed by atoms with van der Waals surface area (Å²) in [5, 5.41) is 7.19. The van der Waals surface area contributed by atoms with Gasteiger partial charge in [0.05, 0.1) is 0 Å². The highest BCUT2D eigenvalue weighted by Crippen LogP contribution is 2.16. The zero-order valence-electron chi connectivity index (χ0n) is 11.2. The number of anilines is 1. The van der Waals surface area contributed by atoms with E-state index in [1.165, 1.54) is 36.1 Å². The van der Waals surface area contributed by atoms with Gasteiger partial charge in [0, 0.05) is 24.3 Å². The SMILES string of the molecule is Cc1ccc(NCC2CCCC(C)N2)cc1C. The van der Waals surface area contributed by atoms with Gasteiger partial charge in [-0.25, -0.2) is 0 Å². The van der Waals surface area contributed by atoms with Gasteiger partial charge in [-0.3, -0.25) is 0 Å². The summed E-state index contributed by atoms with van der Waals surface area (Å²) in [5.41, 5.74) is 3.97. The molecule has 1 saturated heterocycles. The Hall–Kier alpha value is -1.02. The van der Waals surface area contributed by atoms with Gasteiger partial charge in [-0.1, -0.05) is 12.5 Å². The summed E-state index contributed by atoms with van der Waals surface area (Å²) in [4.78, 5) is 0. The standard InChI is InChI=1S/C15H24N2/c1-11-7-8-14(9-12(11)2)16-10-15-6-4-5-13(3)17-15/h7-9,13,15-17H,4-6,10H2,1-3H3. The van der Waals surface area contributed by atoms with Crippen LogP contribution in [0.15, 0.2) is 18.2 Å². The molecule has 2 atom stereocenters. The van der Waals surface area contributed by atoms with Gasteiger partial charge in [-0.15, -0.1) is 0 Å². The molecule has 0 aromatic heterocycles. The number of aryl methyl sites for hydroxylation is 2. The minimum atomic E-state index is 0.625. The number of piperidine rings is 1. The van der Waals surface area contributed by atoms with Crippen LogP contribution in [-0.4, -0.2) is 18.6 Å². The van der Waals surface area contributed by atoms with Crippen molar-refractivity contribution < 1.29 is 0 Å². The first-order valence-corrected chi connectivity index (χ1v) is 6.72. The van der Waals surface area contributed by atoms with Crippen LogP contribution in [0.4, 0.5) is 5.69 Å². The van der Waals surface area contributed by atoms with Gasteiger partial charge in [0.25, 0.3) is 0 Å². The van der Waals surface area contributed by atoms with Gasteiger partial charge in [-0.2, -0.15) is 0 Å². The molecule has 2 rings (SSSR count). The Kier molecular flexibility index (Phi) is 4.06. The zero-order valence-corrected chi connectivity index (χ0v) is 11.2. The third-order valence-corrected chi connectivity index (χ3v) is 3.77. The molecule has 94 valence electrons. The highest BCUT2D eigenvalue weighted by Gasteiger charge is 2.16. The van der Waals surface area contributed by atoms with Crippen LogP contribution >= 0.6 is 0 Å². The molecule has 1 aliphatic heterocycles. The average molecular weight is 232 g/mol. The van der Waals surface area contributed by atoms with Crippen molar-refractivity contribution in [1.29, 1.82) is 0 Å². The molecular formula is C15H24N2. The van der Waals surface area contributed by atoms with Gasteiger partial charge in [0.2, 0.25) is 0 Å². The van der Waals surface area contributed by atoms with E-state index >= 15 is 0 Å². The highest BCUT2D eigenvalue weighted by molar-refractivity contribution is 5.48. The number of nitrogens with one attached hydrogen (secondary N) is 2. The molecule has 0 radical (unpaired) electrons. The van der Waals surface area contributed by atoms with Gasteiger partial charge in [0.1, 0.15) is 0 Å². The van der Waals surface area contributed by atoms with Crippen LogP contribution < -0.4 is 10.6 Å². The van der Waals surface area contributed by atoms with Gasteiger partial charge < -0.3 is 10.6 Å². The van der Waals surface area contributed by atoms with Crippen molar-refractivity contribution in [3.05, 3.63) is 29.3 Å². The van der Waals surface area contributed by atoms with Crippen molar-refractivity contribution in [3.8, 4) is 0 Å². The van der Waals surface area contributed by atoms with Crippen LogP contribution in [0.25, 0.3) is 0 Å². The first-order valence-electron chi connectivity index (χ1n) is 6.72. The summed E-state index contributed by atoms with van der Waals surface area (Å²) in [6, 6.07) is 7.90. The second kappa shape index (κ2) is 5.54. The molecule has 1 aliphatic rings. The average Bonchev–Trinajstić information content (AvgIpc) is 2.31. The van der Waals surface area contributed by atoms with Gasteiger partial charge >= 0.3 is 0 Å². The van der Waals surface area contributed by atoms with Crippen LogP contribution in [-0.2, 0) is 0 Å². The quantitative estimate of drug-likeness (QED) is 0.836. The Labute approximate surface area is 105 Å². The molecule has 1 fully saturated rings. The molecule has 2 nitrogen and oxygen atoms in total. The fourth-order valence-electron chi connectivity index (χ4n) is 2.49. The maximum absolute atomic E-state index is 3.65. The Balaban J connectivity index is 1.86. The smallest absolute Gasteiger partial charge is 0.0343 e. The summed E-state index contributed by atoms with van der Waals surface area (Å²) in [5.74, 6) is 0. The molecular weight excluding hydrogens is 208 g/mol. The number of benzene rings is 1. The maximum Gasteiger partial charge on any atom is 0.0343 e. The molecule has 2 unspecified atom stereocenters. The lowest BCUT2D eigenvalue weighted by Gasteiger charge is -2.29. The van der Waals surface area contributed by atoms with E-state index in [9.17, 15) is 0 Å².